The molecule has 0 saturated heterocycles. The standard InChI is InChI=1S/C21H16ClFN2O2/c1-13-6-4-7-14(12-13)20(26)24-17-10-3-2-8-15(17)21(27)25-18-11-5-9-16(22)19(18)23/h2-12H,1H3,(H,24,26)(H,25,27). The molecule has 3 aromatic carbocycles. The number of rotatable bonds is 4. The molecule has 0 spiro atoms. The lowest BCUT2D eigenvalue weighted by molar-refractivity contribution is 0.102. The Labute approximate surface area is 161 Å². The van der Waals surface area contributed by atoms with Crippen LogP contribution in [0, 0.1) is 12.7 Å². The minimum Gasteiger partial charge on any atom is -0.321 e. The van der Waals surface area contributed by atoms with Gasteiger partial charge in [-0.25, -0.2) is 4.39 Å². The Morgan fingerprint density at radius 2 is 1.52 bits per heavy atom. The van der Waals surface area contributed by atoms with Crippen molar-refractivity contribution in [1.82, 2.24) is 0 Å². The minimum absolute atomic E-state index is 0.0349. The molecule has 0 saturated carbocycles. The molecule has 0 bridgehead atoms. The minimum atomic E-state index is -0.714. The van der Waals surface area contributed by atoms with Crippen LogP contribution in [0.4, 0.5) is 15.8 Å². The van der Waals surface area contributed by atoms with Crippen LogP contribution in [0.3, 0.4) is 0 Å². The summed E-state index contributed by atoms with van der Waals surface area (Å²) >= 11 is 5.74. The summed E-state index contributed by atoms with van der Waals surface area (Å²) in [5.74, 6) is -1.61. The summed E-state index contributed by atoms with van der Waals surface area (Å²) in [7, 11) is 0. The number of carbonyl (C=O) groups is 2. The average Bonchev–Trinajstić information content (AvgIpc) is 2.66. The van der Waals surface area contributed by atoms with E-state index in [1.165, 1.54) is 18.2 Å². The highest BCUT2D eigenvalue weighted by atomic mass is 35.5. The number of amides is 2. The Balaban J connectivity index is 1.84. The number of para-hydroxylation sites is 1. The SMILES string of the molecule is Cc1cccc(C(=O)Nc2ccccc2C(=O)Nc2cccc(Cl)c2F)c1. The molecule has 4 nitrogen and oxygen atoms in total. The highest BCUT2D eigenvalue weighted by Crippen LogP contribution is 2.24. The second-order valence-electron chi connectivity index (χ2n) is 5.92. The topological polar surface area (TPSA) is 58.2 Å². The van der Waals surface area contributed by atoms with Crippen molar-refractivity contribution in [2.24, 2.45) is 0 Å². The lowest BCUT2D eigenvalue weighted by Crippen LogP contribution is -2.18. The van der Waals surface area contributed by atoms with Crippen LogP contribution in [0.5, 0.6) is 0 Å². The van der Waals surface area contributed by atoms with Crippen LogP contribution >= 0.6 is 11.6 Å². The number of anilines is 2. The Bertz CT molecular complexity index is 1020. The van der Waals surface area contributed by atoms with E-state index in [0.29, 0.717) is 11.3 Å². The summed E-state index contributed by atoms with van der Waals surface area (Å²) in [5, 5.41) is 5.12. The molecule has 0 fully saturated rings. The lowest BCUT2D eigenvalue weighted by atomic mass is 10.1. The van der Waals surface area contributed by atoms with Gasteiger partial charge in [-0.1, -0.05) is 47.5 Å². The van der Waals surface area contributed by atoms with Crippen molar-refractivity contribution in [2.45, 2.75) is 6.92 Å². The normalized spacial score (nSPS) is 10.3. The molecule has 0 aliphatic rings. The number of benzene rings is 3. The van der Waals surface area contributed by atoms with E-state index in [-0.39, 0.29) is 22.2 Å². The van der Waals surface area contributed by atoms with Gasteiger partial charge >= 0.3 is 0 Å². The van der Waals surface area contributed by atoms with Crippen LogP contribution in [0.1, 0.15) is 26.3 Å². The van der Waals surface area contributed by atoms with Gasteiger partial charge in [0.15, 0.2) is 5.82 Å². The van der Waals surface area contributed by atoms with E-state index in [9.17, 15) is 14.0 Å². The largest absolute Gasteiger partial charge is 0.321 e. The summed E-state index contributed by atoms with van der Waals surface area (Å²) < 4.78 is 14.0. The molecular weight excluding hydrogens is 367 g/mol. The summed E-state index contributed by atoms with van der Waals surface area (Å²) in [6, 6.07) is 17.9. The number of aryl methyl sites for hydroxylation is 1. The number of nitrogens with one attached hydrogen (secondary N) is 2. The first-order valence-corrected chi connectivity index (χ1v) is 8.56. The average molecular weight is 383 g/mol. The molecule has 0 unspecified atom stereocenters. The summed E-state index contributed by atoms with van der Waals surface area (Å²) in [6.45, 7) is 1.89. The van der Waals surface area contributed by atoms with Crippen molar-refractivity contribution in [3.8, 4) is 0 Å². The van der Waals surface area contributed by atoms with Crippen LogP contribution < -0.4 is 10.6 Å². The molecule has 2 amide bonds. The number of hydrogen-bond acceptors (Lipinski definition) is 2. The van der Waals surface area contributed by atoms with E-state index in [0.717, 1.165) is 5.56 Å². The van der Waals surface area contributed by atoms with Crippen LogP contribution in [0.15, 0.2) is 66.7 Å². The third-order valence-corrected chi connectivity index (χ3v) is 4.19. The fourth-order valence-corrected chi connectivity index (χ4v) is 2.74. The zero-order chi connectivity index (χ0) is 19.4. The summed E-state index contributed by atoms with van der Waals surface area (Å²) in [4.78, 5) is 25.1. The van der Waals surface area contributed by atoms with E-state index >= 15 is 0 Å². The van der Waals surface area contributed by atoms with Crippen molar-refractivity contribution in [3.63, 3.8) is 0 Å². The molecule has 3 rings (SSSR count). The first kappa shape index (κ1) is 18.6. The maximum absolute atomic E-state index is 14.0. The second kappa shape index (κ2) is 8.01. The molecule has 6 heteroatoms. The molecule has 27 heavy (non-hydrogen) atoms. The molecule has 0 radical (unpaired) electrons. The molecule has 0 heterocycles. The van der Waals surface area contributed by atoms with Gasteiger partial charge in [0.25, 0.3) is 11.8 Å². The zero-order valence-electron chi connectivity index (χ0n) is 14.4. The van der Waals surface area contributed by atoms with E-state index in [4.69, 9.17) is 11.6 Å². The smallest absolute Gasteiger partial charge is 0.257 e. The first-order chi connectivity index (χ1) is 13.0. The summed E-state index contributed by atoms with van der Waals surface area (Å²) in [6.07, 6.45) is 0. The maximum atomic E-state index is 14.0. The molecule has 3 aromatic rings. The molecule has 0 atom stereocenters. The second-order valence-corrected chi connectivity index (χ2v) is 6.33. The third kappa shape index (κ3) is 4.33. The van der Waals surface area contributed by atoms with Gasteiger partial charge in [-0.3, -0.25) is 9.59 Å². The van der Waals surface area contributed by atoms with Crippen molar-refractivity contribution < 1.29 is 14.0 Å². The Morgan fingerprint density at radius 3 is 2.30 bits per heavy atom. The van der Waals surface area contributed by atoms with E-state index < -0.39 is 11.7 Å². The van der Waals surface area contributed by atoms with Crippen molar-refractivity contribution in [3.05, 3.63) is 94.3 Å². The van der Waals surface area contributed by atoms with Gasteiger partial charge in [-0.05, 0) is 43.3 Å². The molecule has 0 aliphatic carbocycles. The Hall–Kier alpha value is -3.18. The number of halogens is 2. The van der Waals surface area contributed by atoms with E-state index in [1.807, 2.05) is 13.0 Å². The Morgan fingerprint density at radius 1 is 0.852 bits per heavy atom. The monoisotopic (exact) mass is 382 g/mol. The highest BCUT2D eigenvalue weighted by molar-refractivity contribution is 6.31. The number of hydrogen-bond donors (Lipinski definition) is 2. The van der Waals surface area contributed by atoms with Crippen molar-refractivity contribution >= 4 is 34.8 Å². The highest BCUT2D eigenvalue weighted by Gasteiger charge is 2.16. The van der Waals surface area contributed by atoms with Crippen LogP contribution in [0.25, 0.3) is 0 Å². The van der Waals surface area contributed by atoms with E-state index in [2.05, 4.69) is 10.6 Å². The zero-order valence-corrected chi connectivity index (χ0v) is 15.2. The molecule has 136 valence electrons. The molecule has 0 aliphatic heterocycles. The van der Waals surface area contributed by atoms with Gasteiger partial charge in [0, 0.05) is 5.56 Å². The van der Waals surface area contributed by atoms with Crippen molar-refractivity contribution in [1.29, 1.82) is 0 Å². The lowest BCUT2D eigenvalue weighted by Gasteiger charge is -2.12. The van der Waals surface area contributed by atoms with Gasteiger partial charge < -0.3 is 10.6 Å². The Kier molecular flexibility index (Phi) is 5.52. The summed E-state index contributed by atoms with van der Waals surface area (Å²) in [5.41, 5.74) is 1.92. The quantitative estimate of drug-likeness (QED) is 0.644. The number of carbonyl (C=O) groups excluding carboxylic acids is 2. The van der Waals surface area contributed by atoms with Crippen LogP contribution in [0.2, 0.25) is 5.02 Å². The third-order valence-electron chi connectivity index (χ3n) is 3.90. The van der Waals surface area contributed by atoms with E-state index in [1.54, 1.807) is 42.5 Å². The fourth-order valence-electron chi connectivity index (χ4n) is 2.56. The predicted octanol–water partition coefficient (Wildman–Crippen LogP) is 5.29. The maximum Gasteiger partial charge on any atom is 0.257 e. The van der Waals surface area contributed by atoms with Crippen LogP contribution in [-0.4, -0.2) is 11.8 Å². The fraction of sp³-hybridized carbons (Fsp3) is 0.0476. The van der Waals surface area contributed by atoms with Gasteiger partial charge in [0.05, 0.1) is 22.0 Å². The van der Waals surface area contributed by atoms with Gasteiger partial charge in [0.1, 0.15) is 0 Å². The predicted molar refractivity (Wildman–Crippen MR) is 105 cm³/mol. The molecule has 2 N–H and O–H groups in total. The van der Waals surface area contributed by atoms with Gasteiger partial charge in [-0.2, -0.15) is 0 Å². The first-order valence-electron chi connectivity index (χ1n) is 8.18. The molecule has 0 aromatic heterocycles. The molecular formula is C21H16ClFN2O2. The van der Waals surface area contributed by atoms with Gasteiger partial charge in [-0.15, -0.1) is 0 Å². The van der Waals surface area contributed by atoms with Crippen LogP contribution in [-0.2, 0) is 0 Å². The van der Waals surface area contributed by atoms with Gasteiger partial charge in [0.2, 0.25) is 0 Å². The van der Waals surface area contributed by atoms with Crippen molar-refractivity contribution in [2.75, 3.05) is 10.6 Å².